The SMILES string of the molecule is O=S(=O)(NCC1CCC(O)C1)c1ccc(Br)c(F)c1. The average Bonchev–Trinajstić information content (AvgIpc) is 2.76. The number of benzene rings is 1. The van der Waals surface area contributed by atoms with E-state index < -0.39 is 15.8 Å². The van der Waals surface area contributed by atoms with E-state index in [-0.39, 0.29) is 27.9 Å². The first-order valence-electron chi connectivity index (χ1n) is 6.01. The lowest BCUT2D eigenvalue weighted by Crippen LogP contribution is -2.28. The van der Waals surface area contributed by atoms with E-state index in [0.717, 1.165) is 12.5 Å². The van der Waals surface area contributed by atoms with Gasteiger partial charge in [0.25, 0.3) is 0 Å². The minimum atomic E-state index is -3.70. The van der Waals surface area contributed by atoms with Crippen molar-refractivity contribution in [3.05, 3.63) is 28.5 Å². The summed E-state index contributed by atoms with van der Waals surface area (Å²) in [6.45, 7) is 0.275. The largest absolute Gasteiger partial charge is 0.393 e. The van der Waals surface area contributed by atoms with Gasteiger partial charge in [0.15, 0.2) is 0 Å². The monoisotopic (exact) mass is 351 g/mol. The van der Waals surface area contributed by atoms with Crippen molar-refractivity contribution < 1.29 is 17.9 Å². The van der Waals surface area contributed by atoms with Gasteiger partial charge in [0.05, 0.1) is 15.5 Å². The summed E-state index contributed by atoms with van der Waals surface area (Å²) in [6.07, 6.45) is 1.79. The fourth-order valence-electron chi connectivity index (χ4n) is 2.19. The van der Waals surface area contributed by atoms with Gasteiger partial charge in [-0.25, -0.2) is 17.5 Å². The number of aliphatic hydroxyl groups excluding tert-OH is 1. The summed E-state index contributed by atoms with van der Waals surface area (Å²) < 4.78 is 40.0. The molecule has 0 radical (unpaired) electrons. The lowest BCUT2D eigenvalue weighted by atomic mass is 10.1. The number of halogens is 2. The first-order valence-corrected chi connectivity index (χ1v) is 8.29. The number of hydrogen-bond donors (Lipinski definition) is 2. The van der Waals surface area contributed by atoms with E-state index in [1.807, 2.05) is 0 Å². The van der Waals surface area contributed by atoms with E-state index in [4.69, 9.17) is 0 Å². The molecule has 0 heterocycles. The Balaban J connectivity index is 2.03. The quantitative estimate of drug-likeness (QED) is 0.872. The van der Waals surface area contributed by atoms with Crippen LogP contribution in [0.1, 0.15) is 19.3 Å². The Kier molecular flexibility index (Phi) is 4.60. The average molecular weight is 352 g/mol. The third kappa shape index (κ3) is 3.75. The first kappa shape index (κ1) is 14.9. The molecule has 1 aromatic rings. The topological polar surface area (TPSA) is 66.4 Å². The van der Waals surface area contributed by atoms with Crippen LogP contribution in [0.4, 0.5) is 4.39 Å². The molecule has 2 N–H and O–H groups in total. The van der Waals surface area contributed by atoms with Crippen molar-refractivity contribution in [2.45, 2.75) is 30.3 Å². The molecule has 2 rings (SSSR count). The van der Waals surface area contributed by atoms with Crippen LogP contribution in [0.2, 0.25) is 0 Å². The molecule has 1 aliphatic carbocycles. The molecule has 0 aromatic heterocycles. The Bertz CT molecular complexity index is 564. The molecule has 0 amide bonds. The lowest BCUT2D eigenvalue weighted by molar-refractivity contribution is 0.178. The van der Waals surface area contributed by atoms with Crippen molar-refractivity contribution in [1.82, 2.24) is 4.72 Å². The molecule has 2 atom stereocenters. The molecule has 0 saturated heterocycles. The standard InChI is InChI=1S/C12H15BrFNO3S/c13-11-4-3-10(6-12(11)14)19(17,18)15-7-8-1-2-9(16)5-8/h3-4,6,8-9,15-16H,1-2,5,7H2. The molecule has 7 heteroatoms. The molecular weight excluding hydrogens is 337 g/mol. The molecule has 1 aliphatic rings. The molecule has 19 heavy (non-hydrogen) atoms. The maximum Gasteiger partial charge on any atom is 0.240 e. The van der Waals surface area contributed by atoms with Crippen LogP contribution in [0, 0.1) is 11.7 Å². The summed E-state index contributed by atoms with van der Waals surface area (Å²) in [6, 6.07) is 3.69. The van der Waals surface area contributed by atoms with Crippen molar-refractivity contribution in [1.29, 1.82) is 0 Å². The lowest BCUT2D eigenvalue weighted by Gasteiger charge is -2.11. The molecule has 0 spiro atoms. The minimum absolute atomic E-state index is 0.0910. The van der Waals surface area contributed by atoms with Crippen molar-refractivity contribution in [3.8, 4) is 0 Å². The summed E-state index contributed by atoms with van der Waals surface area (Å²) in [5.41, 5.74) is 0. The maximum atomic E-state index is 13.3. The van der Waals surface area contributed by atoms with Gasteiger partial charge in [0.2, 0.25) is 10.0 Å². The van der Waals surface area contributed by atoms with Gasteiger partial charge in [-0.3, -0.25) is 0 Å². The van der Waals surface area contributed by atoms with E-state index >= 15 is 0 Å². The van der Waals surface area contributed by atoms with Gasteiger partial charge in [-0.05, 0) is 59.3 Å². The fraction of sp³-hybridized carbons (Fsp3) is 0.500. The molecule has 106 valence electrons. The highest BCUT2D eigenvalue weighted by Gasteiger charge is 2.25. The Morgan fingerprint density at radius 3 is 2.74 bits per heavy atom. The van der Waals surface area contributed by atoms with E-state index in [1.165, 1.54) is 12.1 Å². The third-order valence-corrected chi connectivity index (χ3v) is 5.34. The number of nitrogens with one attached hydrogen (secondary N) is 1. The van der Waals surface area contributed by atoms with Gasteiger partial charge >= 0.3 is 0 Å². The minimum Gasteiger partial charge on any atom is -0.393 e. The van der Waals surface area contributed by atoms with Gasteiger partial charge in [0, 0.05) is 6.54 Å². The van der Waals surface area contributed by atoms with Crippen molar-refractivity contribution in [2.24, 2.45) is 5.92 Å². The molecule has 0 aliphatic heterocycles. The number of aliphatic hydroxyl groups is 1. The van der Waals surface area contributed by atoms with Crippen LogP contribution in [0.15, 0.2) is 27.6 Å². The van der Waals surface area contributed by atoms with Crippen molar-refractivity contribution in [3.63, 3.8) is 0 Å². The predicted molar refractivity (Wildman–Crippen MR) is 72.6 cm³/mol. The third-order valence-electron chi connectivity index (χ3n) is 3.28. The summed E-state index contributed by atoms with van der Waals surface area (Å²) in [4.78, 5) is -0.0910. The van der Waals surface area contributed by atoms with Gasteiger partial charge in [-0.15, -0.1) is 0 Å². The highest BCUT2D eigenvalue weighted by Crippen LogP contribution is 2.25. The Labute approximate surface area is 120 Å². The zero-order valence-electron chi connectivity index (χ0n) is 10.1. The van der Waals surface area contributed by atoms with Crippen LogP contribution in [0.5, 0.6) is 0 Å². The molecule has 1 fully saturated rings. The second-order valence-electron chi connectivity index (χ2n) is 4.76. The summed E-state index contributed by atoms with van der Waals surface area (Å²) >= 11 is 2.98. The van der Waals surface area contributed by atoms with E-state index in [0.29, 0.717) is 12.8 Å². The second kappa shape index (κ2) is 5.87. The van der Waals surface area contributed by atoms with E-state index in [2.05, 4.69) is 20.7 Å². The van der Waals surface area contributed by atoms with Gasteiger partial charge in [0.1, 0.15) is 5.82 Å². The summed E-state index contributed by atoms with van der Waals surface area (Å²) in [5.74, 6) is -0.468. The highest BCUT2D eigenvalue weighted by molar-refractivity contribution is 9.10. The van der Waals surface area contributed by atoms with E-state index in [1.54, 1.807) is 0 Å². The second-order valence-corrected chi connectivity index (χ2v) is 7.38. The molecular formula is C12H15BrFNO3S. The normalized spacial score (nSPS) is 23.7. The Morgan fingerprint density at radius 1 is 1.42 bits per heavy atom. The van der Waals surface area contributed by atoms with Crippen LogP contribution < -0.4 is 4.72 Å². The fourth-order valence-corrected chi connectivity index (χ4v) is 3.56. The zero-order valence-corrected chi connectivity index (χ0v) is 12.5. The van der Waals surface area contributed by atoms with Gasteiger partial charge in [-0.1, -0.05) is 0 Å². The number of hydrogen-bond acceptors (Lipinski definition) is 3. The molecule has 1 aromatic carbocycles. The zero-order chi connectivity index (χ0) is 14.0. The maximum absolute atomic E-state index is 13.3. The highest BCUT2D eigenvalue weighted by atomic mass is 79.9. The first-order chi connectivity index (χ1) is 8.88. The van der Waals surface area contributed by atoms with Crippen LogP contribution in [-0.4, -0.2) is 26.2 Å². The molecule has 1 saturated carbocycles. The summed E-state index contributed by atoms with van der Waals surface area (Å²) in [7, 11) is -3.70. The van der Waals surface area contributed by atoms with Crippen molar-refractivity contribution >= 4 is 26.0 Å². The molecule has 0 bridgehead atoms. The smallest absolute Gasteiger partial charge is 0.240 e. The molecule has 2 unspecified atom stereocenters. The van der Waals surface area contributed by atoms with Crippen LogP contribution >= 0.6 is 15.9 Å². The number of rotatable bonds is 4. The van der Waals surface area contributed by atoms with Crippen LogP contribution in [0.3, 0.4) is 0 Å². The number of sulfonamides is 1. The van der Waals surface area contributed by atoms with Crippen molar-refractivity contribution in [2.75, 3.05) is 6.54 Å². The van der Waals surface area contributed by atoms with Crippen LogP contribution in [-0.2, 0) is 10.0 Å². The predicted octanol–water partition coefficient (Wildman–Crippen LogP) is 2.03. The van der Waals surface area contributed by atoms with Gasteiger partial charge < -0.3 is 5.11 Å². The van der Waals surface area contributed by atoms with Crippen LogP contribution in [0.25, 0.3) is 0 Å². The Morgan fingerprint density at radius 2 is 2.16 bits per heavy atom. The van der Waals surface area contributed by atoms with Gasteiger partial charge in [-0.2, -0.15) is 0 Å². The molecule has 4 nitrogen and oxygen atoms in total. The summed E-state index contributed by atoms with van der Waals surface area (Å²) in [5, 5.41) is 9.38. The Hall–Kier alpha value is -0.500. The van der Waals surface area contributed by atoms with E-state index in [9.17, 15) is 17.9 Å².